The van der Waals surface area contributed by atoms with Gasteiger partial charge in [-0.25, -0.2) is 12.7 Å². The molecule has 0 N–H and O–H groups in total. The Morgan fingerprint density at radius 2 is 2.09 bits per heavy atom. The Morgan fingerprint density at radius 1 is 1.36 bits per heavy atom. The molecule has 0 amide bonds. The number of methoxy groups -OCH3 is 1. The summed E-state index contributed by atoms with van der Waals surface area (Å²) in [6, 6.07) is 6.53. The van der Waals surface area contributed by atoms with Gasteiger partial charge in [-0.05, 0) is 49.6 Å². The topological polar surface area (TPSA) is 49.9 Å². The third-order valence-corrected chi connectivity index (χ3v) is 6.34. The van der Waals surface area contributed by atoms with Crippen LogP contribution in [-0.4, -0.2) is 57.7 Å². The van der Waals surface area contributed by atoms with E-state index < -0.39 is 10.0 Å². The lowest BCUT2D eigenvalue weighted by atomic mass is 9.93. The predicted molar refractivity (Wildman–Crippen MR) is 88.8 cm³/mol. The zero-order chi connectivity index (χ0) is 16.3. The highest BCUT2D eigenvalue weighted by Crippen LogP contribution is 2.32. The quantitative estimate of drug-likeness (QED) is 0.801. The summed E-state index contributed by atoms with van der Waals surface area (Å²) in [6.45, 7) is 3.95. The van der Waals surface area contributed by atoms with Crippen molar-refractivity contribution in [1.29, 1.82) is 0 Å². The van der Waals surface area contributed by atoms with Crippen LogP contribution in [0.1, 0.15) is 30.5 Å². The van der Waals surface area contributed by atoms with Gasteiger partial charge in [0.15, 0.2) is 0 Å². The molecule has 1 heterocycles. The van der Waals surface area contributed by atoms with Crippen LogP contribution >= 0.6 is 0 Å². The molecule has 22 heavy (non-hydrogen) atoms. The summed E-state index contributed by atoms with van der Waals surface area (Å²) in [5.41, 5.74) is 2.66. The third kappa shape index (κ3) is 3.80. The first-order chi connectivity index (χ1) is 10.3. The van der Waals surface area contributed by atoms with Gasteiger partial charge in [-0.1, -0.05) is 6.07 Å². The minimum atomic E-state index is -3.10. The summed E-state index contributed by atoms with van der Waals surface area (Å²) < 4.78 is 30.3. The van der Waals surface area contributed by atoms with Crippen LogP contribution < -0.4 is 4.74 Å². The van der Waals surface area contributed by atoms with Gasteiger partial charge in [0.1, 0.15) is 5.75 Å². The molecule has 0 fully saturated rings. The predicted octanol–water partition coefficient (Wildman–Crippen LogP) is 1.90. The van der Waals surface area contributed by atoms with Gasteiger partial charge < -0.3 is 4.74 Å². The van der Waals surface area contributed by atoms with E-state index in [-0.39, 0.29) is 5.75 Å². The Balaban J connectivity index is 2.00. The van der Waals surface area contributed by atoms with Crippen LogP contribution in [0.2, 0.25) is 0 Å². The van der Waals surface area contributed by atoms with Gasteiger partial charge in [0, 0.05) is 26.7 Å². The monoisotopic (exact) mass is 326 g/mol. The molecule has 0 bridgehead atoms. The summed E-state index contributed by atoms with van der Waals surface area (Å²) >= 11 is 0. The summed E-state index contributed by atoms with van der Waals surface area (Å²) in [7, 11) is 1.75. The molecule has 1 aliphatic heterocycles. The fourth-order valence-corrected chi connectivity index (χ4v) is 3.77. The van der Waals surface area contributed by atoms with E-state index in [1.54, 1.807) is 21.2 Å². The van der Waals surface area contributed by atoms with Crippen molar-refractivity contribution in [3.63, 3.8) is 0 Å². The molecular formula is C16H26N2O3S. The standard InChI is InChI=1S/C16H26N2O3S/c1-13-16-12-15(21-4)7-6-14(16)8-10-18(13)9-5-11-22(19,20)17(2)3/h6-7,12-13H,5,8-11H2,1-4H3/t13-/m0/s1. The van der Waals surface area contributed by atoms with E-state index >= 15 is 0 Å². The largest absolute Gasteiger partial charge is 0.497 e. The lowest BCUT2D eigenvalue weighted by Gasteiger charge is -2.35. The highest BCUT2D eigenvalue weighted by Gasteiger charge is 2.24. The van der Waals surface area contributed by atoms with E-state index in [0.717, 1.165) is 25.3 Å². The van der Waals surface area contributed by atoms with Crippen LogP contribution in [0.5, 0.6) is 5.75 Å². The van der Waals surface area contributed by atoms with E-state index in [1.807, 2.05) is 6.07 Å². The molecule has 1 aromatic rings. The number of rotatable bonds is 6. The van der Waals surface area contributed by atoms with Gasteiger partial charge in [-0.3, -0.25) is 4.90 Å². The number of sulfonamides is 1. The first kappa shape index (κ1) is 17.2. The van der Waals surface area contributed by atoms with Crippen LogP contribution in [0.25, 0.3) is 0 Å². The first-order valence-corrected chi connectivity index (χ1v) is 9.27. The van der Waals surface area contributed by atoms with Crippen molar-refractivity contribution in [2.45, 2.75) is 25.8 Å². The molecule has 1 aliphatic rings. The number of ether oxygens (including phenoxy) is 1. The lowest BCUT2D eigenvalue weighted by Crippen LogP contribution is -2.36. The van der Waals surface area contributed by atoms with Crippen molar-refractivity contribution in [1.82, 2.24) is 9.21 Å². The van der Waals surface area contributed by atoms with E-state index in [2.05, 4.69) is 24.0 Å². The zero-order valence-corrected chi connectivity index (χ0v) is 14.7. The maximum atomic E-state index is 11.8. The molecule has 2 rings (SSSR count). The van der Waals surface area contributed by atoms with Crippen molar-refractivity contribution < 1.29 is 13.2 Å². The number of hydrogen-bond acceptors (Lipinski definition) is 4. The van der Waals surface area contributed by atoms with E-state index in [1.165, 1.54) is 15.4 Å². The van der Waals surface area contributed by atoms with Gasteiger partial charge in [-0.2, -0.15) is 0 Å². The van der Waals surface area contributed by atoms with Crippen molar-refractivity contribution in [2.75, 3.05) is 40.0 Å². The summed E-state index contributed by atoms with van der Waals surface area (Å²) in [6.07, 6.45) is 1.66. The lowest BCUT2D eigenvalue weighted by molar-refractivity contribution is 0.198. The van der Waals surface area contributed by atoms with Crippen molar-refractivity contribution >= 4 is 10.0 Å². The van der Waals surface area contributed by atoms with Crippen LogP contribution in [-0.2, 0) is 16.4 Å². The highest BCUT2D eigenvalue weighted by molar-refractivity contribution is 7.89. The molecule has 124 valence electrons. The molecule has 1 atom stereocenters. The van der Waals surface area contributed by atoms with Crippen LogP contribution in [0.3, 0.4) is 0 Å². The number of hydrogen-bond donors (Lipinski definition) is 0. The van der Waals surface area contributed by atoms with E-state index in [4.69, 9.17) is 4.74 Å². The van der Waals surface area contributed by atoms with Gasteiger partial charge in [0.05, 0.1) is 12.9 Å². The first-order valence-electron chi connectivity index (χ1n) is 7.66. The third-order valence-electron chi connectivity index (χ3n) is 4.42. The summed E-state index contributed by atoms with van der Waals surface area (Å²) in [4.78, 5) is 2.35. The van der Waals surface area contributed by atoms with Crippen LogP contribution in [0.4, 0.5) is 0 Å². The Morgan fingerprint density at radius 3 is 2.73 bits per heavy atom. The second-order valence-electron chi connectivity index (χ2n) is 5.98. The molecule has 0 unspecified atom stereocenters. The molecule has 1 aromatic carbocycles. The molecule has 0 radical (unpaired) electrons. The van der Waals surface area contributed by atoms with Crippen molar-refractivity contribution in [3.8, 4) is 5.75 Å². The Hall–Kier alpha value is -1.11. The second-order valence-corrected chi connectivity index (χ2v) is 8.28. The van der Waals surface area contributed by atoms with Crippen LogP contribution in [0, 0.1) is 0 Å². The highest BCUT2D eigenvalue weighted by atomic mass is 32.2. The minimum Gasteiger partial charge on any atom is -0.497 e. The Labute approximate surface area is 133 Å². The van der Waals surface area contributed by atoms with Crippen LogP contribution in [0.15, 0.2) is 18.2 Å². The molecule has 0 spiro atoms. The van der Waals surface area contributed by atoms with Gasteiger partial charge in [0.2, 0.25) is 10.0 Å². The minimum absolute atomic E-state index is 0.203. The second kappa shape index (κ2) is 6.98. The smallest absolute Gasteiger partial charge is 0.213 e. The average Bonchev–Trinajstić information content (AvgIpc) is 2.49. The van der Waals surface area contributed by atoms with Gasteiger partial charge in [0.25, 0.3) is 0 Å². The Bertz CT molecular complexity index is 614. The van der Waals surface area contributed by atoms with Crippen molar-refractivity contribution in [3.05, 3.63) is 29.3 Å². The number of fused-ring (bicyclic) bond motifs is 1. The molecule has 0 saturated carbocycles. The number of nitrogens with zero attached hydrogens (tertiary/aromatic N) is 2. The zero-order valence-electron chi connectivity index (χ0n) is 13.9. The molecule has 0 aromatic heterocycles. The van der Waals surface area contributed by atoms with E-state index in [0.29, 0.717) is 12.5 Å². The maximum Gasteiger partial charge on any atom is 0.213 e. The molecule has 5 nitrogen and oxygen atoms in total. The molecule has 0 aliphatic carbocycles. The van der Waals surface area contributed by atoms with E-state index in [9.17, 15) is 8.42 Å². The SMILES string of the molecule is COc1ccc2c(c1)[C@H](C)N(CCCS(=O)(=O)N(C)C)CC2. The summed E-state index contributed by atoms with van der Waals surface area (Å²) in [5, 5.41) is 0. The molecule has 0 saturated heterocycles. The maximum absolute atomic E-state index is 11.8. The fourth-order valence-electron chi connectivity index (χ4n) is 2.91. The van der Waals surface area contributed by atoms with Gasteiger partial charge in [-0.15, -0.1) is 0 Å². The fraction of sp³-hybridized carbons (Fsp3) is 0.625. The van der Waals surface area contributed by atoms with Gasteiger partial charge >= 0.3 is 0 Å². The molecule has 6 heteroatoms. The average molecular weight is 326 g/mol. The van der Waals surface area contributed by atoms with Crippen molar-refractivity contribution in [2.24, 2.45) is 0 Å². The summed E-state index contributed by atoms with van der Waals surface area (Å²) in [5.74, 6) is 1.08. The number of benzene rings is 1. The normalized spacial score (nSPS) is 19.2. The Kier molecular flexibility index (Phi) is 5.47. The molecular weight excluding hydrogens is 300 g/mol.